The lowest BCUT2D eigenvalue weighted by Gasteiger charge is -2.47. The van der Waals surface area contributed by atoms with Crippen LogP contribution in [0.4, 0.5) is 0 Å². The molecule has 2 saturated heterocycles. The number of hydrogen-bond acceptors (Lipinski definition) is 7. The largest absolute Gasteiger partial charge is 0.368 e. The van der Waals surface area contributed by atoms with Crippen LogP contribution >= 0.6 is 0 Å². The highest BCUT2D eigenvalue weighted by Gasteiger charge is 2.45. The predicted octanol–water partition coefficient (Wildman–Crippen LogP) is 0.0885. The minimum absolute atomic E-state index is 0.0183. The number of imide groups is 2. The van der Waals surface area contributed by atoms with Crippen molar-refractivity contribution in [1.82, 2.24) is 20.9 Å². The van der Waals surface area contributed by atoms with E-state index in [1.54, 1.807) is 12.1 Å². The SMILES string of the molecule is O=C1CCC(N2C(=O)c3ccc(CNCC4CNCC5(CCC5)O4)cc3C2=O)C(=O)N1. The number of rotatable bonds is 5. The lowest BCUT2D eigenvalue weighted by Crippen LogP contribution is -2.59. The van der Waals surface area contributed by atoms with E-state index in [9.17, 15) is 19.2 Å². The Morgan fingerprint density at radius 2 is 1.94 bits per heavy atom. The highest BCUT2D eigenvalue weighted by atomic mass is 16.5. The molecule has 4 amide bonds. The fraction of sp³-hybridized carbons (Fsp3) is 0.545. The Bertz CT molecular complexity index is 957. The summed E-state index contributed by atoms with van der Waals surface area (Å²) in [5, 5.41) is 9.05. The maximum atomic E-state index is 12.9. The molecule has 1 aliphatic carbocycles. The average molecular weight is 426 g/mol. The second-order valence-electron chi connectivity index (χ2n) is 8.87. The summed E-state index contributed by atoms with van der Waals surface area (Å²) in [6.45, 7) is 2.97. The van der Waals surface area contributed by atoms with Crippen LogP contribution in [-0.4, -0.2) is 65.9 Å². The molecule has 5 rings (SSSR count). The zero-order chi connectivity index (χ0) is 21.6. The van der Waals surface area contributed by atoms with E-state index in [0.29, 0.717) is 24.2 Å². The predicted molar refractivity (Wildman–Crippen MR) is 109 cm³/mol. The normalized spacial score (nSPS) is 27.3. The van der Waals surface area contributed by atoms with Gasteiger partial charge in [0.1, 0.15) is 6.04 Å². The van der Waals surface area contributed by atoms with Crippen molar-refractivity contribution in [2.75, 3.05) is 19.6 Å². The molecule has 1 aromatic rings. The van der Waals surface area contributed by atoms with Crippen LogP contribution in [0.1, 0.15) is 58.4 Å². The van der Waals surface area contributed by atoms with Gasteiger partial charge < -0.3 is 15.4 Å². The van der Waals surface area contributed by atoms with E-state index in [-0.39, 0.29) is 30.5 Å². The fourth-order valence-electron chi connectivity index (χ4n) is 4.88. The van der Waals surface area contributed by atoms with Gasteiger partial charge in [-0.3, -0.25) is 29.4 Å². The van der Waals surface area contributed by atoms with Crippen molar-refractivity contribution in [2.24, 2.45) is 0 Å². The second-order valence-corrected chi connectivity index (χ2v) is 8.87. The Labute approximate surface area is 179 Å². The Kier molecular flexibility index (Phi) is 5.11. The first-order valence-corrected chi connectivity index (χ1v) is 10.9. The molecule has 9 heteroatoms. The lowest BCUT2D eigenvalue weighted by atomic mass is 9.79. The third-order valence-corrected chi connectivity index (χ3v) is 6.71. The van der Waals surface area contributed by atoms with Crippen molar-refractivity contribution in [3.05, 3.63) is 34.9 Å². The summed E-state index contributed by atoms with van der Waals surface area (Å²) in [5.74, 6) is -1.95. The molecule has 1 spiro atoms. The van der Waals surface area contributed by atoms with E-state index in [1.807, 2.05) is 6.07 Å². The number of fused-ring (bicyclic) bond motifs is 1. The summed E-state index contributed by atoms with van der Waals surface area (Å²) >= 11 is 0. The average Bonchev–Trinajstić information content (AvgIpc) is 2.97. The Morgan fingerprint density at radius 3 is 2.68 bits per heavy atom. The third-order valence-electron chi connectivity index (χ3n) is 6.71. The minimum Gasteiger partial charge on any atom is -0.368 e. The monoisotopic (exact) mass is 426 g/mol. The summed E-state index contributed by atoms with van der Waals surface area (Å²) in [6, 6.07) is 4.22. The quantitative estimate of drug-likeness (QED) is 0.571. The Hall–Kier alpha value is -2.62. The maximum Gasteiger partial charge on any atom is 0.262 e. The highest BCUT2D eigenvalue weighted by Crippen LogP contribution is 2.37. The smallest absolute Gasteiger partial charge is 0.262 e. The van der Waals surface area contributed by atoms with Crippen molar-refractivity contribution >= 4 is 23.6 Å². The summed E-state index contributed by atoms with van der Waals surface area (Å²) in [6.07, 6.45) is 3.82. The molecule has 0 aromatic heterocycles. The first kappa shape index (κ1) is 20.3. The minimum atomic E-state index is -0.943. The molecule has 2 unspecified atom stereocenters. The number of benzene rings is 1. The van der Waals surface area contributed by atoms with Gasteiger partial charge in [0.2, 0.25) is 11.8 Å². The zero-order valence-corrected chi connectivity index (χ0v) is 17.2. The Balaban J connectivity index is 1.22. The standard InChI is InChI=1S/C22H26N4O5/c27-18-5-4-17(19(28)25-18)26-20(29)15-3-2-13(8-16(15)21(26)30)9-23-10-14-11-24-12-22(31-14)6-1-7-22/h2-3,8,14,17,23-24H,1,4-7,9-12H2,(H,25,27,28). The number of piperidine rings is 1. The molecule has 1 aromatic carbocycles. The van der Waals surface area contributed by atoms with Crippen LogP contribution in [-0.2, 0) is 20.9 Å². The van der Waals surface area contributed by atoms with Gasteiger partial charge >= 0.3 is 0 Å². The van der Waals surface area contributed by atoms with Crippen molar-refractivity contribution in [3.8, 4) is 0 Å². The zero-order valence-electron chi connectivity index (χ0n) is 17.2. The van der Waals surface area contributed by atoms with Crippen LogP contribution < -0.4 is 16.0 Å². The molecule has 9 nitrogen and oxygen atoms in total. The first-order chi connectivity index (χ1) is 15.0. The molecule has 3 heterocycles. The van der Waals surface area contributed by atoms with Gasteiger partial charge in [-0.1, -0.05) is 6.07 Å². The van der Waals surface area contributed by atoms with E-state index in [0.717, 1.165) is 36.4 Å². The number of amides is 4. The number of hydrogen-bond donors (Lipinski definition) is 3. The van der Waals surface area contributed by atoms with Gasteiger partial charge in [-0.05, 0) is 43.4 Å². The molecule has 0 bridgehead atoms. The molecule has 164 valence electrons. The molecule has 2 atom stereocenters. The van der Waals surface area contributed by atoms with Gasteiger partial charge in [0, 0.05) is 32.6 Å². The molecular weight excluding hydrogens is 400 g/mol. The fourth-order valence-corrected chi connectivity index (χ4v) is 4.88. The topological polar surface area (TPSA) is 117 Å². The summed E-state index contributed by atoms with van der Waals surface area (Å²) in [4.78, 5) is 50.2. The number of carbonyl (C=O) groups excluding carboxylic acids is 4. The number of carbonyl (C=O) groups is 4. The van der Waals surface area contributed by atoms with E-state index >= 15 is 0 Å². The second kappa shape index (κ2) is 7.81. The molecule has 4 aliphatic rings. The van der Waals surface area contributed by atoms with Gasteiger partial charge in [-0.25, -0.2) is 0 Å². The molecule has 3 N–H and O–H groups in total. The van der Waals surface area contributed by atoms with Crippen molar-refractivity contribution in [1.29, 1.82) is 0 Å². The van der Waals surface area contributed by atoms with Crippen LogP contribution in [0.3, 0.4) is 0 Å². The van der Waals surface area contributed by atoms with Crippen LogP contribution in [0.5, 0.6) is 0 Å². The Morgan fingerprint density at radius 1 is 1.13 bits per heavy atom. The van der Waals surface area contributed by atoms with Crippen LogP contribution in [0, 0.1) is 0 Å². The van der Waals surface area contributed by atoms with Gasteiger partial charge in [0.05, 0.1) is 22.8 Å². The van der Waals surface area contributed by atoms with E-state index in [1.165, 1.54) is 6.42 Å². The van der Waals surface area contributed by atoms with Crippen LogP contribution in [0.2, 0.25) is 0 Å². The molecule has 1 saturated carbocycles. The summed E-state index contributed by atoms with van der Waals surface area (Å²) < 4.78 is 6.26. The molecule has 3 aliphatic heterocycles. The number of ether oxygens (including phenoxy) is 1. The van der Waals surface area contributed by atoms with Crippen molar-refractivity contribution in [3.63, 3.8) is 0 Å². The number of nitrogens with zero attached hydrogens (tertiary/aromatic N) is 1. The van der Waals surface area contributed by atoms with Gasteiger partial charge in [-0.15, -0.1) is 0 Å². The van der Waals surface area contributed by atoms with Gasteiger partial charge in [0.25, 0.3) is 11.8 Å². The van der Waals surface area contributed by atoms with Crippen LogP contribution in [0.15, 0.2) is 18.2 Å². The third kappa shape index (κ3) is 3.66. The maximum absolute atomic E-state index is 12.9. The van der Waals surface area contributed by atoms with Crippen LogP contribution in [0.25, 0.3) is 0 Å². The number of nitrogens with one attached hydrogen (secondary N) is 3. The highest BCUT2D eigenvalue weighted by molar-refractivity contribution is 6.23. The van der Waals surface area contributed by atoms with E-state index in [4.69, 9.17) is 4.74 Å². The first-order valence-electron chi connectivity index (χ1n) is 10.9. The van der Waals surface area contributed by atoms with Crippen molar-refractivity contribution in [2.45, 2.75) is 56.4 Å². The molecular formula is C22H26N4O5. The van der Waals surface area contributed by atoms with E-state index < -0.39 is 23.8 Å². The summed E-state index contributed by atoms with van der Waals surface area (Å²) in [7, 11) is 0. The molecule has 3 fully saturated rings. The van der Waals surface area contributed by atoms with Gasteiger partial charge in [-0.2, -0.15) is 0 Å². The molecule has 31 heavy (non-hydrogen) atoms. The van der Waals surface area contributed by atoms with Crippen molar-refractivity contribution < 1.29 is 23.9 Å². The summed E-state index contributed by atoms with van der Waals surface area (Å²) in [5.41, 5.74) is 1.50. The van der Waals surface area contributed by atoms with E-state index in [2.05, 4.69) is 16.0 Å². The molecule has 0 radical (unpaired) electrons. The van der Waals surface area contributed by atoms with Gasteiger partial charge in [0.15, 0.2) is 0 Å². The lowest BCUT2D eigenvalue weighted by molar-refractivity contribution is -0.155. The number of morpholine rings is 1.